The number of aromatic nitrogens is 2. The van der Waals surface area contributed by atoms with E-state index in [0.717, 1.165) is 11.1 Å². The quantitative estimate of drug-likeness (QED) is 0.448. The third kappa shape index (κ3) is 4.06. The van der Waals surface area contributed by atoms with Crippen LogP contribution in [0, 0.1) is 5.82 Å². The van der Waals surface area contributed by atoms with Gasteiger partial charge in [0, 0.05) is 24.2 Å². The molecule has 1 fully saturated rings. The van der Waals surface area contributed by atoms with Crippen LogP contribution in [0.15, 0.2) is 72.0 Å². The highest BCUT2D eigenvalue weighted by Gasteiger charge is 2.36. The van der Waals surface area contributed by atoms with Crippen molar-refractivity contribution in [2.75, 3.05) is 11.4 Å². The lowest BCUT2D eigenvalue weighted by Crippen LogP contribution is -2.41. The number of carbonyl (C=O) groups is 1. The fourth-order valence-electron chi connectivity index (χ4n) is 4.17. The molecule has 0 saturated carbocycles. The number of fused-ring (bicyclic) bond motifs is 1. The summed E-state index contributed by atoms with van der Waals surface area (Å²) < 4.78 is 45.1. The lowest BCUT2D eigenvalue weighted by atomic mass is 10.1. The molecule has 0 bridgehead atoms. The van der Waals surface area contributed by atoms with Crippen molar-refractivity contribution in [3.05, 3.63) is 78.0 Å². The summed E-state index contributed by atoms with van der Waals surface area (Å²) in [4.78, 5) is 18.3. The van der Waals surface area contributed by atoms with Crippen molar-refractivity contribution in [2.45, 2.75) is 17.4 Å². The topological polar surface area (TPSA) is 84.3 Å². The summed E-state index contributed by atoms with van der Waals surface area (Å²) in [6.07, 6.45) is 3.47. The Bertz CT molecular complexity index is 1540. The smallest absolute Gasteiger partial charge is 0.245 e. The van der Waals surface area contributed by atoms with E-state index in [1.54, 1.807) is 54.5 Å². The van der Waals surface area contributed by atoms with E-state index in [1.807, 2.05) is 0 Å². The molecule has 3 aromatic carbocycles. The molecule has 1 saturated heterocycles. The second-order valence-corrected chi connectivity index (χ2v) is 10.3. The van der Waals surface area contributed by atoms with Crippen molar-refractivity contribution in [2.24, 2.45) is 7.05 Å². The molecule has 1 amide bonds. The van der Waals surface area contributed by atoms with Gasteiger partial charge in [0.25, 0.3) is 0 Å². The van der Waals surface area contributed by atoms with E-state index in [1.165, 1.54) is 29.2 Å². The predicted molar refractivity (Wildman–Crippen MR) is 129 cm³/mol. The minimum absolute atomic E-state index is 0.0419. The minimum Gasteiger partial charge on any atom is -0.334 e. The van der Waals surface area contributed by atoms with E-state index >= 15 is 0 Å². The van der Waals surface area contributed by atoms with E-state index in [-0.39, 0.29) is 23.5 Å². The van der Waals surface area contributed by atoms with Crippen LogP contribution in [0.4, 0.5) is 10.1 Å². The molecule has 5 rings (SSSR count). The maximum Gasteiger partial charge on any atom is 0.245 e. The average Bonchev–Trinajstić information content (AvgIpc) is 3.38. The van der Waals surface area contributed by atoms with Gasteiger partial charge < -0.3 is 9.47 Å². The van der Waals surface area contributed by atoms with E-state index in [9.17, 15) is 17.6 Å². The van der Waals surface area contributed by atoms with Gasteiger partial charge in [-0.3, -0.25) is 4.79 Å². The molecule has 34 heavy (non-hydrogen) atoms. The normalized spacial score (nSPS) is 16.5. The van der Waals surface area contributed by atoms with E-state index in [4.69, 9.17) is 11.6 Å². The van der Waals surface area contributed by atoms with Gasteiger partial charge >= 0.3 is 0 Å². The second kappa shape index (κ2) is 8.50. The lowest BCUT2D eigenvalue weighted by molar-refractivity contribution is -0.118. The van der Waals surface area contributed by atoms with Crippen LogP contribution in [0.25, 0.3) is 22.0 Å². The zero-order valence-corrected chi connectivity index (χ0v) is 19.6. The highest BCUT2D eigenvalue weighted by Crippen LogP contribution is 2.30. The number of aryl methyl sites for hydroxylation is 1. The zero-order chi connectivity index (χ0) is 24.0. The third-order valence-electron chi connectivity index (χ3n) is 5.94. The summed E-state index contributed by atoms with van der Waals surface area (Å²) in [5.41, 5.74) is 1.48. The Kier molecular flexibility index (Phi) is 5.63. The summed E-state index contributed by atoms with van der Waals surface area (Å²) in [7, 11) is -2.16. The van der Waals surface area contributed by atoms with Gasteiger partial charge in [-0.25, -0.2) is 17.8 Å². The molecular formula is C24H20ClFN4O3S. The summed E-state index contributed by atoms with van der Waals surface area (Å²) in [5.74, 6) is -1.06. The average molecular weight is 499 g/mol. The minimum atomic E-state index is -3.97. The van der Waals surface area contributed by atoms with Crippen LogP contribution in [0.5, 0.6) is 0 Å². The molecule has 0 aliphatic carbocycles. The standard InChI is InChI=1S/C24H20ClFN4O3S/c1-29-14-27-13-23(29)17-4-7-22(20(26)12-17)30-9-8-21(24(30)31)28-34(32,33)19-6-3-15-10-18(25)5-2-16(15)11-19/h2-7,10-14,21,28H,8-9H2,1H3. The van der Waals surface area contributed by atoms with Crippen LogP contribution in [-0.4, -0.2) is 36.5 Å². The van der Waals surface area contributed by atoms with Gasteiger partial charge in [-0.15, -0.1) is 0 Å². The number of imidazole rings is 1. The third-order valence-corrected chi connectivity index (χ3v) is 7.64. The molecule has 4 aromatic rings. The van der Waals surface area contributed by atoms with Crippen LogP contribution in [0.3, 0.4) is 0 Å². The fourth-order valence-corrected chi connectivity index (χ4v) is 5.61. The summed E-state index contributed by atoms with van der Waals surface area (Å²) >= 11 is 5.99. The highest BCUT2D eigenvalue weighted by atomic mass is 35.5. The first kappa shape index (κ1) is 22.5. The number of sulfonamides is 1. The van der Waals surface area contributed by atoms with Gasteiger partial charge in [0.2, 0.25) is 15.9 Å². The van der Waals surface area contributed by atoms with Crippen molar-refractivity contribution >= 4 is 44.0 Å². The Morgan fingerprint density at radius 1 is 1.09 bits per heavy atom. The van der Waals surface area contributed by atoms with Gasteiger partial charge in [0.05, 0.1) is 28.8 Å². The van der Waals surface area contributed by atoms with Crippen molar-refractivity contribution in [3.8, 4) is 11.3 Å². The maximum absolute atomic E-state index is 14.9. The number of hydrogen-bond donors (Lipinski definition) is 1. The molecule has 1 aliphatic heterocycles. The van der Waals surface area contributed by atoms with Crippen molar-refractivity contribution in [3.63, 3.8) is 0 Å². The predicted octanol–water partition coefficient (Wildman–Crippen LogP) is 4.12. The van der Waals surface area contributed by atoms with Gasteiger partial charge in [-0.1, -0.05) is 29.8 Å². The van der Waals surface area contributed by atoms with E-state index < -0.39 is 27.8 Å². The molecule has 1 unspecified atom stereocenters. The van der Waals surface area contributed by atoms with Gasteiger partial charge in [0.15, 0.2) is 0 Å². The zero-order valence-electron chi connectivity index (χ0n) is 18.1. The highest BCUT2D eigenvalue weighted by molar-refractivity contribution is 7.89. The van der Waals surface area contributed by atoms with Gasteiger partial charge in [-0.2, -0.15) is 4.72 Å². The molecule has 1 aliphatic rings. The van der Waals surface area contributed by atoms with Crippen LogP contribution < -0.4 is 9.62 Å². The number of amides is 1. The number of anilines is 1. The number of halogens is 2. The molecule has 1 atom stereocenters. The number of nitrogens with zero attached hydrogens (tertiary/aromatic N) is 3. The van der Waals surface area contributed by atoms with Crippen LogP contribution >= 0.6 is 11.6 Å². The van der Waals surface area contributed by atoms with Crippen LogP contribution in [0.2, 0.25) is 5.02 Å². The Hall–Kier alpha value is -3.27. The van der Waals surface area contributed by atoms with E-state index in [0.29, 0.717) is 16.0 Å². The number of carbonyl (C=O) groups excluding carboxylic acids is 1. The molecule has 1 aromatic heterocycles. The Labute approximate surface area is 200 Å². The first-order valence-corrected chi connectivity index (χ1v) is 12.4. The van der Waals surface area contributed by atoms with Gasteiger partial charge in [0.1, 0.15) is 11.9 Å². The molecule has 0 spiro atoms. The lowest BCUT2D eigenvalue weighted by Gasteiger charge is -2.19. The largest absolute Gasteiger partial charge is 0.334 e. The van der Waals surface area contributed by atoms with Crippen molar-refractivity contribution in [1.82, 2.24) is 14.3 Å². The van der Waals surface area contributed by atoms with Crippen molar-refractivity contribution < 1.29 is 17.6 Å². The molecular weight excluding hydrogens is 479 g/mol. The number of benzene rings is 3. The Morgan fingerprint density at radius 3 is 2.59 bits per heavy atom. The second-order valence-electron chi connectivity index (χ2n) is 8.16. The SMILES string of the molecule is Cn1cncc1-c1ccc(N2CCC(NS(=O)(=O)c3ccc4cc(Cl)ccc4c3)C2=O)c(F)c1. The molecule has 1 N–H and O–H groups in total. The Balaban J connectivity index is 1.36. The maximum atomic E-state index is 14.9. The Morgan fingerprint density at radius 2 is 1.85 bits per heavy atom. The molecule has 0 radical (unpaired) electrons. The molecule has 174 valence electrons. The number of nitrogens with one attached hydrogen (secondary N) is 1. The van der Waals surface area contributed by atoms with E-state index in [2.05, 4.69) is 9.71 Å². The number of rotatable bonds is 5. The number of hydrogen-bond acceptors (Lipinski definition) is 4. The van der Waals surface area contributed by atoms with Crippen molar-refractivity contribution in [1.29, 1.82) is 0 Å². The van der Waals surface area contributed by atoms with Crippen LogP contribution in [-0.2, 0) is 21.9 Å². The molecule has 2 heterocycles. The molecule has 7 nitrogen and oxygen atoms in total. The molecule has 10 heteroatoms. The summed E-state index contributed by atoms with van der Waals surface area (Å²) in [6.45, 7) is 0.199. The summed E-state index contributed by atoms with van der Waals surface area (Å²) in [6, 6.07) is 13.4. The van der Waals surface area contributed by atoms with Crippen LogP contribution in [0.1, 0.15) is 6.42 Å². The first-order chi connectivity index (χ1) is 16.2. The first-order valence-electron chi connectivity index (χ1n) is 10.5. The summed E-state index contributed by atoms with van der Waals surface area (Å²) in [5, 5.41) is 2.07. The fraction of sp³-hybridized carbons (Fsp3) is 0.167. The monoisotopic (exact) mass is 498 g/mol. The van der Waals surface area contributed by atoms with Gasteiger partial charge in [-0.05, 0) is 53.6 Å².